The molecular weight excluding hydrogens is 578 g/mol. The molecule has 1 aliphatic carbocycles. The zero-order chi connectivity index (χ0) is 31.6. The second-order valence-corrected chi connectivity index (χ2v) is 11.8. The molecule has 4 N–H and O–H groups in total. The van der Waals surface area contributed by atoms with E-state index in [9.17, 15) is 24.9 Å². The Kier molecular flexibility index (Phi) is 8.79. The van der Waals surface area contributed by atoms with Crippen LogP contribution in [0.25, 0.3) is 16.8 Å². The second kappa shape index (κ2) is 12.9. The standard InChI is InChI=1S/C33H37N5O7/c1-2-20-14-22(21-8-4-3-5-9-21)12-13-23(20)16-33(31(40)41,32(42)43)44-18-25-15-27(39)28(45-25)26-17-34-30-29(35-19-36-38(26)30)37-24-10-6-7-11-24/h3-5,8-9,12-14,17,19,24-25,27-28,39H,2,6-7,10-11,15-16,18H2,1H3,(H,40,41)(H,42,43)(H,35,36,37)/t25-,27+,28-/m0/s1. The SMILES string of the molecule is CCc1cc(-c2ccccc2)ccc1CC(OC[C@@H]1C[C@@H](O)[C@H](c2cnc3c(NC4CCCC4)ncnn23)O1)(C(=O)O)C(=O)O. The number of aromatic nitrogens is 4. The Morgan fingerprint density at radius 2 is 1.80 bits per heavy atom. The fraction of sp³-hybridized carbons (Fsp3) is 0.424. The maximum Gasteiger partial charge on any atom is 0.348 e. The minimum atomic E-state index is -2.55. The number of rotatable bonds is 12. The van der Waals surface area contributed by atoms with E-state index in [1.807, 2.05) is 49.4 Å². The van der Waals surface area contributed by atoms with Crippen LogP contribution in [0, 0.1) is 0 Å². The lowest BCUT2D eigenvalue weighted by molar-refractivity contribution is -0.187. The van der Waals surface area contributed by atoms with Gasteiger partial charge in [0.15, 0.2) is 11.5 Å². The van der Waals surface area contributed by atoms with Crippen LogP contribution in [0.5, 0.6) is 0 Å². The van der Waals surface area contributed by atoms with Crippen molar-refractivity contribution in [3.63, 3.8) is 0 Å². The lowest BCUT2D eigenvalue weighted by Gasteiger charge is -2.28. The van der Waals surface area contributed by atoms with E-state index >= 15 is 0 Å². The summed E-state index contributed by atoms with van der Waals surface area (Å²) in [5.74, 6) is -2.62. The van der Waals surface area contributed by atoms with Gasteiger partial charge in [0.25, 0.3) is 5.60 Å². The molecule has 3 heterocycles. The molecular formula is C33H37N5O7. The van der Waals surface area contributed by atoms with Crippen molar-refractivity contribution in [2.45, 2.75) is 81.8 Å². The number of hydrogen-bond donors (Lipinski definition) is 4. The molecule has 2 fully saturated rings. The molecule has 3 atom stereocenters. The van der Waals surface area contributed by atoms with Gasteiger partial charge in [-0.2, -0.15) is 5.10 Å². The molecule has 0 spiro atoms. The van der Waals surface area contributed by atoms with Crippen LogP contribution in [-0.4, -0.2) is 77.3 Å². The molecule has 2 aromatic carbocycles. The van der Waals surface area contributed by atoms with E-state index in [2.05, 4.69) is 20.4 Å². The van der Waals surface area contributed by atoms with Crippen LogP contribution in [0.4, 0.5) is 5.82 Å². The Morgan fingerprint density at radius 3 is 2.51 bits per heavy atom. The van der Waals surface area contributed by atoms with Crippen LogP contribution in [0.2, 0.25) is 0 Å². The number of ether oxygens (including phenoxy) is 2. The molecule has 4 aromatic rings. The van der Waals surface area contributed by atoms with Gasteiger partial charge in [0.2, 0.25) is 0 Å². The smallest absolute Gasteiger partial charge is 0.348 e. The monoisotopic (exact) mass is 615 g/mol. The van der Waals surface area contributed by atoms with Gasteiger partial charge in [-0.1, -0.05) is 68.3 Å². The van der Waals surface area contributed by atoms with Crippen LogP contribution in [0.15, 0.2) is 61.1 Å². The Morgan fingerprint density at radius 1 is 1.04 bits per heavy atom. The summed E-state index contributed by atoms with van der Waals surface area (Å²) in [6, 6.07) is 15.6. The van der Waals surface area contributed by atoms with Crippen LogP contribution in [-0.2, 0) is 31.9 Å². The van der Waals surface area contributed by atoms with Gasteiger partial charge < -0.3 is 30.1 Å². The highest BCUT2D eigenvalue weighted by Gasteiger charge is 2.50. The summed E-state index contributed by atoms with van der Waals surface area (Å²) in [7, 11) is 0. The number of carboxylic acids is 2. The molecule has 2 aliphatic rings. The van der Waals surface area contributed by atoms with Gasteiger partial charge in [0.1, 0.15) is 12.4 Å². The Labute approximate surface area is 260 Å². The number of carbonyl (C=O) groups is 2. The van der Waals surface area contributed by atoms with Gasteiger partial charge in [-0.05, 0) is 41.5 Å². The molecule has 0 unspecified atom stereocenters. The molecule has 236 valence electrons. The summed E-state index contributed by atoms with van der Waals surface area (Å²) < 4.78 is 13.4. The number of benzene rings is 2. The number of hydrogen-bond acceptors (Lipinski definition) is 9. The Balaban J connectivity index is 1.19. The molecule has 45 heavy (non-hydrogen) atoms. The zero-order valence-electron chi connectivity index (χ0n) is 25.0. The number of carboxylic acid groups (broad SMARTS) is 2. The van der Waals surface area contributed by atoms with Gasteiger partial charge in [0.05, 0.1) is 30.7 Å². The van der Waals surface area contributed by atoms with E-state index in [1.165, 1.54) is 6.33 Å². The quantitative estimate of drug-likeness (QED) is 0.170. The first kappa shape index (κ1) is 30.6. The summed E-state index contributed by atoms with van der Waals surface area (Å²) in [6.45, 7) is 1.58. The first-order chi connectivity index (χ1) is 21.8. The second-order valence-electron chi connectivity index (χ2n) is 11.8. The van der Waals surface area contributed by atoms with Crippen molar-refractivity contribution in [2.75, 3.05) is 11.9 Å². The molecule has 1 saturated heterocycles. The maximum absolute atomic E-state index is 12.5. The van der Waals surface area contributed by atoms with Gasteiger partial charge in [-0.15, -0.1) is 0 Å². The fourth-order valence-corrected chi connectivity index (χ4v) is 6.37. The Hall–Kier alpha value is -4.39. The summed E-state index contributed by atoms with van der Waals surface area (Å²) >= 11 is 0. The molecule has 1 aliphatic heterocycles. The van der Waals surface area contributed by atoms with Crippen molar-refractivity contribution in [1.29, 1.82) is 0 Å². The number of aliphatic hydroxyl groups is 1. The zero-order valence-corrected chi connectivity index (χ0v) is 25.0. The molecule has 0 radical (unpaired) electrons. The number of aliphatic hydroxyl groups excluding tert-OH is 1. The predicted molar refractivity (Wildman–Crippen MR) is 164 cm³/mol. The number of nitrogens with zero attached hydrogens (tertiary/aromatic N) is 4. The maximum atomic E-state index is 12.5. The summed E-state index contributed by atoms with van der Waals surface area (Å²) in [5, 5.41) is 39.1. The van der Waals surface area contributed by atoms with Crippen LogP contribution in [0.1, 0.15) is 62.0 Å². The van der Waals surface area contributed by atoms with Gasteiger partial charge in [-0.25, -0.2) is 24.1 Å². The van der Waals surface area contributed by atoms with E-state index in [0.29, 0.717) is 35.2 Å². The highest BCUT2D eigenvalue weighted by molar-refractivity contribution is 6.02. The summed E-state index contributed by atoms with van der Waals surface area (Å²) in [5.41, 5.74) is 1.81. The average Bonchev–Trinajstić information content (AvgIpc) is 3.80. The summed E-state index contributed by atoms with van der Waals surface area (Å²) in [6.07, 6.45) is 5.17. The third-order valence-electron chi connectivity index (χ3n) is 8.85. The number of imidazole rings is 1. The van der Waals surface area contributed by atoms with Crippen molar-refractivity contribution in [3.05, 3.63) is 77.9 Å². The van der Waals surface area contributed by atoms with Crippen molar-refractivity contribution in [2.24, 2.45) is 0 Å². The topological polar surface area (TPSA) is 168 Å². The van der Waals surface area contributed by atoms with E-state index in [0.717, 1.165) is 42.4 Å². The number of aliphatic carboxylic acids is 2. The lowest BCUT2D eigenvalue weighted by atomic mass is 9.88. The van der Waals surface area contributed by atoms with E-state index in [-0.39, 0.29) is 19.4 Å². The van der Waals surface area contributed by atoms with E-state index in [4.69, 9.17) is 9.47 Å². The van der Waals surface area contributed by atoms with Gasteiger partial charge >= 0.3 is 11.9 Å². The van der Waals surface area contributed by atoms with Crippen LogP contribution >= 0.6 is 0 Å². The normalized spacial score (nSPS) is 20.5. The minimum absolute atomic E-state index is 0.109. The van der Waals surface area contributed by atoms with Crippen molar-refractivity contribution in [1.82, 2.24) is 19.6 Å². The number of anilines is 1. The van der Waals surface area contributed by atoms with E-state index in [1.54, 1.807) is 16.8 Å². The minimum Gasteiger partial charge on any atom is -0.479 e. The lowest BCUT2D eigenvalue weighted by Crippen LogP contribution is -2.52. The fourth-order valence-electron chi connectivity index (χ4n) is 6.37. The highest BCUT2D eigenvalue weighted by atomic mass is 16.6. The Bertz CT molecular complexity index is 1660. The highest BCUT2D eigenvalue weighted by Crippen LogP contribution is 2.35. The predicted octanol–water partition coefficient (Wildman–Crippen LogP) is 4.07. The summed E-state index contributed by atoms with van der Waals surface area (Å²) in [4.78, 5) is 33.9. The molecule has 0 bridgehead atoms. The number of aryl methyl sites for hydroxylation is 1. The number of nitrogens with one attached hydrogen (secondary N) is 1. The molecule has 12 heteroatoms. The van der Waals surface area contributed by atoms with Gasteiger partial charge in [-0.3, -0.25) is 0 Å². The molecule has 12 nitrogen and oxygen atoms in total. The third-order valence-corrected chi connectivity index (χ3v) is 8.85. The molecule has 0 amide bonds. The largest absolute Gasteiger partial charge is 0.479 e. The van der Waals surface area contributed by atoms with Crippen LogP contribution < -0.4 is 5.32 Å². The van der Waals surface area contributed by atoms with Crippen molar-refractivity contribution >= 4 is 23.4 Å². The first-order valence-corrected chi connectivity index (χ1v) is 15.4. The molecule has 2 aromatic heterocycles. The van der Waals surface area contributed by atoms with Crippen molar-refractivity contribution < 1.29 is 34.4 Å². The average molecular weight is 616 g/mol. The first-order valence-electron chi connectivity index (χ1n) is 15.4. The molecule has 6 rings (SSSR count). The molecule has 1 saturated carbocycles. The number of fused-ring (bicyclic) bond motifs is 1. The van der Waals surface area contributed by atoms with E-state index < -0.39 is 35.9 Å². The van der Waals surface area contributed by atoms with Crippen LogP contribution in [0.3, 0.4) is 0 Å². The third kappa shape index (κ3) is 6.13. The van der Waals surface area contributed by atoms with Gasteiger partial charge in [0, 0.05) is 18.9 Å². The van der Waals surface area contributed by atoms with Crippen molar-refractivity contribution in [3.8, 4) is 11.1 Å².